The minimum Gasteiger partial charge on any atom is -0.488 e. The number of ether oxygens (including phenoxy) is 1. The molecule has 0 atom stereocenters. The van der Waals surface area contributed by atoms with E-state index in [4.69, 9.17) is 10.5 Å². The van der Waals surface area contributed by atoms with E-state index < -0.39 is 0 Å². The Hall–Kier alpha value is -1.00. The number of hydrogen-bond acceptors (Lipinski definition) is 3. The lowest BCUT2D eigenvalue weighted by Crippen LogP contribution is -1.96. The summed E-state index contributed by atoms with van der Waals surface area (Å²) in [5, 5.41) is 2.04. The van der Waals surface area contributed by atoms with Crippen LogP contribution in [0.3, 0.4) is 0 Å². The zero-order valence-electron chi connectivity index (χ0n) is 8.87. The van der Waals surface area contributed by atoms with Crippen LogP contribution in [0.5, 0.6) is 5.75 Å². The molecule has 0 aliphatic heterocycles. The Labute approximate surface area is 107 Å². The Morgan fingerprint density at radius 1 is 1.38 bits per heavy atom. The maximum absolute atomic E-state index is 5.74. The minimum atomic E-state index is 0.572. The van der Waals surface area contributed by atoms with Crippen molar-refractivity contribution >= 4 is 33.0 Å². The zero-order chi connectivity index (χ0) is 11.5. The SMILES string of the molecule is Cc1ccc(N)cc1OCc1sccc1Br. The lowest BCUT2D eigenvalue weighted by atomic mass is 10.2. The van der Waals surface area contributed by atoms with Crippen LogP contribution in [0.1, 0.15) is 10.4 Å². The van der Waals surface area contributed by atoms with Gasteiger partial charge in [0.05, 0.1) is 4.88 Å². The zero-order valence-corrected chi connectivity index (χ0v) is 11.3. The van der Waals surface area contributed by atoms with Gasteiger partial charge in [-0.1, -0.05) is 6.07 Å². The first kappa shape index (κ1) is 11.5. The van der Waals surface area contributed by atoms with Gasteiger partial charge in [0.15, 0.2) is 0 Å². The highest BCUT2D eigenvalue weighted by Crippen LogP contribution is 2.26. The molecule has 16 heavy (non-hydrogen) atoms. The number of rotatable bonds is 3. The second-order valence-electron chi connectivity index (χ2n) is 3.51. The van der Waals surface area contributed by atoms with Gasteiger partial charge >= 0.3 is 0 Å². The third-order valence-electron chi connectivity index (χ3n) is 2.26. The molecule has 0 amide bonds. The van der Waals surface area contributed by atoms with Crippen molar-refractivity contribution in [3.63, 3.8) is 0 Å². The van der Waals surface area contributed by atoms with Gasteiger partial charge in [-0.3, -0.25) is 0 Å². The number of benzene rings is 1. The van der Waals surface area contributed by atoms with Crippen LogP contribution in [-0.4, -0.2) is 0 Å². The van der Waals surface area contributed by atoms with E-state index in [0.29, 0.717) is 6.61 Å². The van der Waals surface area contributed by atoms with Gasteiger partial charge in [-0.2, -0.15) is 0 Å². The van der Waals surface area contributed by atoms with E-state index in [0.717, 1.165) is 21.5 Å². The fraction of sp³-hybridized carbons (Fsp3) is 0.167. The maximum atomic E-state index is 5.74. The summed E-state index contributed by atoms with van der Waals surface area (Å²) in [4.78, 5) is 1.18. The van der Waals surface area contributed by atoms with E-state index >= 15 is 0 Å². The summed E-state index contributed by atoms with van der Waals surface area (Å²) in [7, 11) is 0. The van der Waals surface area contributed by atoms with Gasteiger partial charge in [0.2, 0.25) is 0 Å². The number of aryl methyl sites for hydroxylation is 1. The first-order valence-electron chi connectivity index (χ1n) is 4.87. The van der Waals surface area contributed by atoms with Gasteiger partial charge < -0.3 is 10.5 Å². The molecule has 2 aromatic rings. The number of halogens is 1. The molecule has 0 radical (unpaired) electrons. The molecule has 1 aromatic heterocycles. The van der Waals surface area contributed by atoms with Crippen LogP contribution in [0.4, 0.5) is 5.69 Å². The summed E-state index contributed by atoms with van der Waals surface area (Å²) in [6.45, 7) is 2.58. The average Bonchev–Trinajstić information content (AvgIpc) is 2.66. The van der Waals surface area contributed by atoms with E-state index in [9.17, 15) is 0 Å². The monoisotopic (exact) mass is 297 g/mol. The van der Waals surface area contributed by atoms with Crippen LogP contribution in [0.25, 0.3) is 0 Å². The topological polar surface area (TPSA) is 35.2 Å². The number of nitrogen functional groups attached to an aromatic ring is 1. The van der Waals surface area contributed by atoms with E-state index in [1.165, 1.54) is 4.88 Å². The molecule has 0 saturated carbocycles. The molecule has 0 saturated heterocycles. The van der Waals surface area contributed by atoms with E-state index in [-0.39, 0.29) is 0 Å². The third kappa shape index (κ3) is 2.57. The largest absolute Gasteiger partial charge is 0.488 e. The van der Waals surface area contributed by atoms with E-state index in [1.807, 2.05) is 36.6 Å². The summed E-state index contributed by atoms with van der Waals surface area (Å²) in [5.74, 6) is 0.848. The highest BCUT2D eigenvalue weighted by Gasteiger charge is 2.04. The Morgan fingerprint density at radius 2 is 2.19 bits per heavy atom. The van der Waals surface area contributed by atoms with Crippen molar-refractivity contribution in [1.29, 1.82) is 0 Å². The smallest absolute Gasteiger partial charge is 0.124 e. The predicted octanol–water partition coefficient (Wildman–Crippen LogP) is 3.98. The third-order valence-corrected chi connectivity index (χ3v) is 4.16. The lowest BCUT2D eigenvalue weighted by molar-refractivity contribution is 0.307. The lowest BCUT2D eigenvalue weighted by Gasteiger charge is -2.09. The molecular weight excluding hydrogens is 286 g/mol. The van der Waals surface area contributed by atoms with E-state index in [2.05, 4.69) is 15.9 Å². The van der Waals surface area contributed by atoms with Gasteiger partial charge in [0.1, 0.15) is 12.4 Å². The van der Waals surface area contributed by atoms with Crippen molar-refractivity contribution in [2.24, 2.45) is 0 Å². The maximum Gasteiger partial charge on any atom is 0.124 e. The van der Waals surface area contributed by atoms with Crippen LogP contribution < -0.4 is 10.5 Å². The fourth-order valence-corrected chi connectivity index (χ4v) is 2.72. The van der Waals surface area contributed by atoms with Crippen molar-refractivity contribution in [2.45, 2.75) is 13.5 Å². The molecule has 2 nitrogen and oxygen atoms in total. The second-order valence-corrected chi connectivity index (χ2v) is 5.36. The molecule has 1 heterocycles. The first-order valence-corrected chi connectivity index (χ1v) is 6.55. The van der Waals surface area contributed by atoms with E-state index in [1.54, 1.807) is 11.3 Å². The quantitative estimate of drug-likeness (QED) is 0.870. The van der Waals surface area contributed by atoms with Gasteiger partial charge in [-0.25, -0.2) is 0 Å². The second kappa shape index (κ2) is 4.89. The molecule has 4 heteroatoms. The van der Waals surface area contributed by atoms with Gasteiger partial charge in [0.25, 0.3) is 0 Å². The molecule has 84 valence electrons. The van der Waals surface area contributed by atoms with Crippen molar-refractivity contribution in [3.8, 4) is 5.75 Å². The summed E-state index contributed by atoms with van der Waals surface area (Å²) >= 11 is 5.15. The summed E-state index contributed by atoms with van der Waals surface area (Å²) in [6.07, 6.45) is 0. The minimum absolute atomic E-state index is 0.572. The number of anilines is 1. The average molecular weight is 298 g/mol. The first-order chi connectivity index (χ1) is 7.66. The Balaban J connectivity index is 2.10. The van der Waals surface area contributed by atoms with Crippen LogP contribution in [0, 0.1) is 6.92 Å². The standard InChI is InChI=1S/C12H12BrNOS/c1-8-2-3-9(14)6-11(8)15-7-12-10(13)4-5-16-12/h2-6H,7,14H2,1H3. The Kier molecular flexibility index (Phi) is 3.51. The van der Waals surface area contributed by atoms with Gasteiger partial charge in [-0.05, 0) is 45.9 Å². The number of thiophene rings is 1. The molecule has 1 aromatic carbocycles. The fourth-order valence-electron chi connectivity index (χ4n) is 1.34. The van der Waals surface area contributed by atoms with Crippen LogP contribution >= 0.6 is 27.3 Å². The normalized spacial score (nSPS) is 10.4. The molecule has 2 rings (SSSR count). The molecule has 0 aliphatic rings. The van der Waals surface area contributed by atoms with Crippen LogP contribution in [0.2, 0.25) is 0 Å². The van der Waals surface area contributed by atoms with Crippen LogP contribution in [-0.2, 0) is 6.61 Å². The summed E-state index contributed by atoms with van der Waals surface area (Å²) < 4.78 is 6.84. The molecule has 2 N–H and O–H groups in total. The molecule has 0 bridgehead atoms. The van der Waals surface area contributed by atoms with Gasteiger partial charge in [-0.15, -0.1) is 11.3 Å². The van der Waals surface area contributed by atoms with Crippen molar-refractivity contribution in [2.75, 3.05) is 5.73 Å². The molecule has 0 unspecified atom stereocenters. The van der Waals surface area contributed by atoms with Crippen LogP contribution in [0.15, 0.2) is 34.1 Å². The summed E-state index contributed by atoms with van der Waals surface area (Å²) in [6, 6.07) is 7.73. The molecule has 0 fully saturated rings. The number of hydrogen-bond donors (Lipinski definition) is 1. The van der Waals surface area contributed by atoms with Crippen molar-refractivity contribution < 1.29 is 4.74 Å². The Morgan fingerprint density at radius 3 is 2.88 bits per heavy atom. The molecular formula is C12H12BrNOS. The molecule has 0 aliphatic carbocycles. The Bertz CT molecular complexity index is 496. The summed E-state index contributed by atoms with van der Waals surface area (Å²) in [5.41, 5.74) is 7.55. The van der Waals surface area contributed by atoms with Crippen molar-refractivity contribution in [1.82, 2.24) is 0 Å². The molecule has 0 spiro atoms. The highest BCUT2D eigenvalue weighted by atomic mass is 79.9. The van der Waals surface area contributed by atoms with Gasteiger partial charge in [0, 0.05) is 16.2 Å². The van der Waals surface area contributed by atoms with Crippen molar-refractivity contribution in [3.05, 3.63) is 44.6 Å². The number of nitrogens with two attached hydrogens (primary N) is 1. The highest BCUT2D eigenvalue weighted by molar-refractivity contribution is 9.10. The predicted molar refractivity (Wildman–Crippen MR) is 71.9 cm³/mol.